The second-order valence-electron chi connectivity index (χ2n) is 8.97. The molecule has 2 aliphatic rings. The number of hydrogen-bond donors (Lipinski definition) is 0. The largest absolute Gasteiger partial charge is 0.416 e. The van der Waals surface area contributed by atoms with E-state index in [-0.39, 0.29) is 5.60 Å². The van der Waals surface area contributed by atoms with Gasteiger partial charge in [-0.2, -0.15) is 24.9 Å². The molecule has 2 aromatic carbocycles. The molecule has 2 aliphatic heterocycles. The van der Waals surface area contributed by atoms with Crippen molar-refractivity contribution in [1.82, 2.24) is 4.90 Å². The molecule has 0 bridgehead atoms. The monoisotopic (exact) mass is 509 g/mol. The Morgan fingerprint density at radius 1 is 1.09 bits per heavy atom. The number of halogens is 3. The standard InChI is InChI=1S/C14H18O3S.C13H16F3N/c1-2-18-8-7-17-14(10-16-11-14)13-5-3-12(9-15)4-6-13;1-17-8-6-11(7-9-17)10-2-4-12(5-3-10)13(14,15)16/h3-6,9H,2,7-8,10-11H2,1H3;2-5,11H,6-9H2,1H3. The van der Waals surface area contributed by atoms with Gasteiger partial charge in [0.15, 0.2) is 0 Å². The zero-order valence-corrected chi connectivity index (χ0v) is 21.2. The maximum Gasteiger partial charge on any atom is 0.416 e. The minimum Gasteiger partial charge on any atom is -0.375 e. The Labute approximate surface area is 210 Å². The van der Waals surface area contributed by atoms with Gasteiger partial charge in [-0.15, -0.1) is 0 Å². The Morgan fingerprint density at radius 3 is 2.20 bits per heavy atom. The van der Waals surface area contributed by atoms with E-state index in [2.05, 4.69) is 18.9 Å². The zero-order valence-electron chi connectivity index (χ0n) is 20.4. The molecular weight excluding hydrogens is 475 g/mol. The quantitative estimate of drug-likeness (QED) is 0.322. The summed E-state index contributed by atoms with van der Waals surface area (Å²) < 4.78 is 48.5. The van der Waals surface area contributed by atoms with E-state index in [1.807, 2.05) is 36.0 Å². The smallest absolute Gasteiger partial charge is 0.375 e. The van der Waals surface area contributed by atoms with Crippen molar-refractivity contribution in [2.45, 2.75) is 37.5 Å². The van der Waals surface area contributed by atoms with E-state index in [4.69, 9.17) is 9.47 Å². The van der Waals surface area contributed by atoms with Crippen LogP contribution in [0.25, 0.3) is 0 Å². The molecule has 2 heterocycles. The van der Waals surface area contributed by atoms with E-state index in [9.17, 15) is 18.0 Å². The summed E-state index contributed by atoms with van der Waals surface area (Å²) in [6.45, 7) is 6.12. The molecule has 0 saturated carbocycles. The fourth-order valence-electron chi connectivity index (χ4n) is 4.21. The molecule has 4 rings (SSSR count). The van der Waals surface area contributed by atoms with Crippen LogP contribution in [0.1, 0.15) is 52.7 Å². The molecule has 0 atom stereocenters. The van der Waals surface area contributed by atoms with Crippen LogP contribution in [0.3, 0.4) is 0 Å². The molecule has 0 aromatic heterocycles. The highest BCUT2D eigenvalue weighted by Gasteiger charge is 2.41. The number of rotatable bonds is 8. The fraction of sp³-hybridized carbons (Fsp3) is 0.519. The van der Waals surface area contributed by atoms with Crippen molar-refractivity contribution >= 4 is 18.0 Å². The van der Waals surface area contributed by atoms with E-state index >= 15 is 0 Å². The van der Waals surface area contributed by atoms with Crippen molar-refractivity contribution in [3.63, 3.8) is 0 Å². The topological polar surface area (TPSA) is 38.8 Å². The molecule has 0 radical (unpaired) electrons. The van der Waals surface area contributed by atoms with Crippen molar-refractivity contribution in [3.05, 3.63) is 70.8 Å². The Balaban J connectivity index is 0.000000196. The summed E-state index contributed by atoms with van der Waals surface area (Å²) in [5.41, 5.74) is 1.97. The van der Waals surface area contributed by atoms with Gasteiger partial charge in [0.1, 0.15) is 11.9 Å². The van der Waals surface area contributed by atoms with Crippen molar-refractivity contribution < 1.29 is 27.4 Å². The second kappa shape index (κ2) is 12.9. The molecule has 0 amide bonds. The predicted molar refractivity (Wildman–Crippen MR) is 134 cm³/mol. The van der Waals surface area contributed by atoms with Gasteiger partial charge in [-0.1, -0.05) is 43.3 Å². The number of thioether (sulfide) groups is 1. The number of nitrogens with zero attached hydrogens (tertiary/aromatic N) is 1. The molecule has 192 valence electrons. The lowest BCUT2D eigenvalue weighted by Crippen LogP contribution is -2.49. The van der Waals surface area contributed by atoms with Crippen molar-refractivity contribution in [3.8, 4) is 0 Å². The zero-order chi connectivity index (χ0) is 25.3. The van der Waals surface area contributed by atoms with Gasteiger partial charge >= 0.3 is 6.18 Å². The highest BCUT2D eigenvalue weighted by molar-refractivity contribution is 7.99. The van der Waals surface area contributed by atoms with Gasteiger partial charge in [0.25, 0.3) is 0 Å². The van der Waals surface area contributed by atoms with Crippen LogP contribution in [0.4, 0.5) is 13.2 Å². The van der Waals surface area contributed by atoms with Gasteiger partial charge in [0.2, 0.25) is 0 Å². The van der Waals surface area contributed by atoms with E-state index < -0.39 is 11.7 Å². The SMILES string of the molecule is CCSCCOC1(c2ccc(C=O)cc2)COC1.CN1CCC(c2ccc(C(F)(F)F)cc2)CC1. The van der Waals surface area contributed by atoms with Gasteiger partial charge in [-0.25, -0.2) is 0 Å². The number of likely N-dealkylation sites (tertiary alicyclic amines) is 1. The second-order valence-corrected chi connectivity index (χ2v) is 10.4. The summed E-state index contributed by atoms with van der Waals surface area (Å²) >= 11 is 1.87. The van der Waals surface area contributed by atoms with Crippen molar-refractivity contribution in [2.24, 2.45) is 0 Å². The van der Waals surface area contributed by atoms with Crippen LogP contribution in [0.2, 0.25) is 0 Å². The third-order valence-corrected chi connectivity index (χ3v) is 7.35. The lowest BCUT2D eigenvalue weighted by Gasteiger charge is -2.41. The summed E-state index contributed by atoms with van der Waals surface area (Å²) in [4.78, 5) is 12.9. The number of aldehydes is 1. The number of benzene rings is 2. The predicted octanol–water partition coefficient (Wildman–Crippen LogP) is 6.01. The van der Waals surface area contributed by atoms with Crippen LogP contribution in [-0.4, -0.2) is 62.6 Å². The molecule has 0 N–H and O–H groups in total. The molecule has 0 spiro atoms. The maximum atomic E-state index is 12.4. The van der Waals surface area contributed by atoms with Crippen molar-refractivity contribution in [1.29, 1.82) is 0 Å². The van der Waals surface area contributed by atoms with Crippen LogP contribution in [-0.2, 0) is 21.3 Å². The molecule has 35 heavy (non-hydrogen) atoms. The van der Waals surface area contributed by atoms with Crippen LogP contribution in [0.5, 0.6) is 0 Å². The fourth-order valence-corrected chi connectivity index (χ4v) is 4.70. The van der Waals surface area contributed by atoms with Gasteiger partial charge in [0.05, 0.1) is 25.4 Å². The first-order chi connectivity index (χ1) is 16.8. The van der Waals surface area contributed by atoms with E-state index in [1.54, 1.807) is 12.1 Å². The summed E-state index contributed by atoms with van der Waals surface area (Å²) in [5, 5.41) is 0. The van der Waals surface area contributed by atoms with E-state index in [1.165, 1.54) is 12.1 Å². The molecular formula is C27H34F3NO3S. The Hall–Kier alpha value is -1.87. The molecule has 2 fully saturated rings. The van der Waals surface area contributed by atoms with Gasteiger partial charge in [0, 0.05) is 11.3 Å². The van der Waals surface area contributed by atoms with Crippen molar-refractivity contribution in [2.75, 3.05) is 51.5 Å². The number of hydrogen-bond acceptors (Lipinski definition) is 5. The first kappa shape index (κ1) is 27.7. The minimum absolute atomic E-state index is 0.296. The summed E-state index contributed by atoms with van der Waals surface area (Å²) in [6, 6.07) is 13.2. The Bertz CT molecular complexity index is 907. The minimum atomic E-state index is -4.23. The molecule has 2 saturated heterocycles. The Morgan fingerprint density at radius 2 is 1.71 bits per heavy atom. The van der Waals surface area contributed by atoms with E-state index in [0.29, 0.717) is 24.7 Å². The van der Waals surface area contributed by atoms with Gasteiger partial charge in [-0.05, 0) is 67.9 Å². The number of piperidine rings is 1. The molecule has 2 aromatic rings. The highest BCUT2D eigenvalue weighted by atomic mass is 32.2. The van der Waals surface area contributed by atoms with Crippen LogP contribution in [0.15, 0.2) is 48.5 Å². The van der Waals surface area contributed by atoms with E-state index in [0.717, 1.165) is 61.5 Å². The van der Waals surface area contributed by atoms with Gasteiger partial charge < -0.3 is 14.4 Å². The third kappa shape index (κ3) is 7.81. The average Bonchev–Trinajstić information content (AvgIpc) is 2.84. The van der Waals surface area contributed by atoms with Crippen LogP contribution < -0.4 is 0 Å². The van der Waals surface area contributed by atoms with Gasteiger partial charge in [-0.3, -0.25) is 4.79 Å². The first-order valence-electron chi connectivity index (χ1n) is 12.0. The number of ether oxygens (including phenoxy) is 2. The molecule has 0 unspecified atom stereocenters. The lowest BCUT2D eigenvalue weighted by molar-refractivity contribution is -0.214. The summed E-state index contributed by atoms with van der Waals surface area (Å²) in [5.74, 6) is 2.53. The first-order valence-corrected chi connectivity index (χ1v) is 13.1. The number of alkyl halides is 3. The molecule has 8 heteroatoms. The van der Waals surface area contributed by atoms with Crippen LogP contribution in [0, 0.1) is 0 Å². The maximum absolute atomic E-state index is 12.4. The Kier molecular flexibility index (Phi) is 10.2. The number of carbonyl (C=O) groups is 1. The summed E-state index contributed by atoms with van der Waals surface area (Å²) in [6.07, 6.45) is -1.32. The number of carbonyl (C=O) groups excluding carboxylic acids is 1. The normalized spacial score (nSPS) is 18.3. The third-order valence-electron chi connectivity index (χ3n) is 6.48. The molecule has 4 nitrogen and oxygen atoms in total. The molecule has 0 aliphatic carbocycles. The summed E-state index contributed by atoms with van der Waals surface area (Å²) in [7, 11) is 2.07. The van der Waals surface area contributed by atoms with Crippen LogP contribution >= 0.6 is 11.8 Å². The highest BCUT2D eigenvalue weighted by Crippen LogP contribution is 2.34. The lowest BCUT2D eigenvalue weighted by atomic mass is 9.89. The average molecular weight is 510 g/mol.